The van der Waals surface area contributed by atoms with E-state index in [0.29, 0.717) is 11.3 Å². The third-order valence-corrected chi connectivity index (χ3v) is 7.76. The van der Waals surface area contributed by atoms with Gasteiger partial charge in [-0.2, -0.15) is 5.10 Å². The van der Waals surface area contributed by atoms with Gasteiger partial charge in [-0.15, -0.1) is 11.3 Å². The number of hydrogen-bond acceptors (Lipinski definition) is 5. The summed E-state index contributed by atoms with van der Waals surface area (Å²) in [6, 6.07) is 25.7. The monoisotopic (exact) mass is 526 g/mol. The topological polar surface area (TPSA) is 99.3 Å². The zero-order valence-electron chi connectivity index (χ0n) is 20.9. The van der Waals surface area contributed by atoms with Crippen LogP contribution in [0.1, 0.15) is 15.2 Å². The van der Waals surface area contributed by atoms with Crippen LogP contribution in [0.25, 0.3) is 54.9 Å². The van der Waals surface area contributed by atoms with Gasteiger partial charge in [0, 0.05) is 49.6 Å². The molecule has 0 radical (unpaired) electrons. The average Bonchev–Trinajstić information content (AvgIpc) is 3.71. The minimum atomic E-state index is -0.174. The van der Waals surface area contributed by atoms with Gasteiger partial charge in [0.25, 0.3) is 5.91 Å². The van der Waals surface area contributed by atoms with Crippen molar-refractivity contribution in [2.24, 2.45) is 0 Å². The van der Waals surface area contributed by atoms with Gasteiger partial charge >= 0.3 is 0 Å². The number of thiophene rings is 1. The molecule has 5 aromatic heterocycles. The molecular weight excluding hydrogens is 504 g/mol. The number of benzene rings is 2. The molecule has 7 rings (SSSR count). The lowest BCUT2D eigenvalue weighted by Crippen LogP contribution is -2.11. The van der Waals surface area contributed by atoms with Crippen LogP contribution in [-0.2, 0) is 0 Å². The van der Waals surface area contributed by atoms with Crippen molar-refractivity contribution in [1.82, 2.24) is 25.1 Å². The Hall–Kier alpha value is -5.08. The Kier molecular flexibility index (Phi) is 5.53. The molecule has 0 fully saturated rings. The summed E-state index contributed by atoms with van der Waals surface area (Å²) in [5.74, 6) is -0.174. The molecule has 7 nitrogen and oxygen atoms in total. The van der Waals surface area contributed by atoms with Gasteiger partial charge < -0.3 is 10.3 Å². The van der Waals surface area contributed by atoms with Gasteiger partial charge in [0.1, 0.15) is 11.3 Å². The minimum absolute atomic E-state index is 0.174. The van der Waals surface area contributed by atoms with Gasteiger partial charge in [-0.05, 0) is 67.1 Å². The molecule has 3 N–H and O–H groups in total. The van der Waals surface area contributed by atoms with Gasteiger partial charge in [0.2, 0.25) is 0 Å². The molecule has 0 saturated heterocycles. The number of fused-ring (bicyclic) bond motifs is 2. The Balaban J connectivity index is 1.25. The maximum Gasteiger partial charge on any atom is 0.255 e. The van der Waals surface area contributed by atoms with Crippen molar-refractivity contribution >= 4 is 44.9 Å². The van der Waals surface area contributed by atoms with Crippen molar-refractivity contribution in [2.75, 3.05) is 5.32 Å². The first-order valence-electron chi connectivity index (χ1n) is 12.5. The zero-order valence-corrected chi connectivity index (χ0v) is 21.7. The molecule has 188 valence electrons. The number of hydrogen-bond donors (Lipinski definition) is 3. The van der Waals surface area contributed by atoms with Crippen LogP contribution in [-0.4, -0.2) is 31.1 Å². The number of carbonyl (C=O) groups excluding carboxylic acids is 1. The predicted molar refractivity (Wildman–Crippen MR) is 157 cm³/mol. The second-order valence-corrected chi connectivity index (χ2v) is 10.6. The number of aromatic amines is 2. The number of amides is 1. The first-order chi connectivity index (χ1) is 19.1. The molecule has 5 heterocycles. The van der Waals surface area contributed by atoms with Crippen LogP contribution in [0.3, 0.4) is 0 Å². The van der Waals surface area contributed by atoms with E-state index >= 15 is 0 Å². The van der Waals surface area contributed by atoms with Gasteiger partial charge in [-0.25, -0.2) is 4.98 Å². The molecule has 7 aromatic rings. The van der Waals surface area contributed by atoms with Crippen LogP contribution in [0, 0.1) is 6.92 Å². The number of nitrogens with zero attached hydrogens (tertiary/aromatic N) is 3. The Bertz CT molecular complexity index is 1990. The number of pyridine rings is 2. The second kappa shape index (κ2) is 9.34. The van der Waals surface area contributed by atoms with Crippen molar-refractivity contribution in [2.45, 2.75) is 6.92 Å². The van der Waals surface area contributed by atoms with Crippen molar-refractivity contribution < 1.29 is 4.79 Å². The number of aryl methyl sites for hydroxylation is 1. The van der Waals surface area contributed by atoms with Crippen LogP contribution in [0.15, 0.2) is 97.5 Å². The molecular formula is C31H22N6OS. The highest BCUT2D eigenvalue weighted by Crippen LogP contribution is 2.36. The highest BCUT2D eigenvalue weighted by atomic mass is 32.1. The summed E-state index contributed by atoms with van der Waals surface area (Å²) in [5, 5.41) is 12.8. The van der Waals surface area contributed by atoms with E-state index in [1.165, 1.54) is 9.75 Å². The average molecular weight is 527 g/mol. The summed E-state index contributed by atoms with van der Waals surface area (Å²) in [5.41, 5.74) is 7.71. The first-order valence-corrected chi connectivity index (χ1v) is 13.3. The van der Waals surface area contributed by atoms with Gasteiger partial charge in [0.05, 0.1) is 23.1 Å². The molecule has 0 aliphatic rings. The van der Waals surface area contributed by atoms with Crippen LogP contribution in [0.2, 0.25) is 0 Å². The Morgan fingerprint density at radius 1 is 0.897 bits per heavy atom. The molecule has 0 spiro atoms. The summed E-state index contributed by atoms with van der Waals surface area (Å²) in [6.45, 7) is 2.12. The van der Waals surface area contributed by atoms with Crippen LogP contribution in [0.4, 0.5) is 5.69 Å². The predicted octanol–water partition coefficient (Wildman–Crippen LogP) is 7.46. The van der Waals surface area contributed by atoms with Gasteiger partial charge in [-0.3, -0.25) is 14.9 Å². The first kappa shape index (κ1) is 23.1. The zero-order chi connectivity index (χ0) is 26.3. The maximum absolute atomic E-state index is 12.6. The lowest BCUT2D eigenvalue weighted by molar-refractivity contribution is 0.102. The molecule has 0 saturated carbocycles. The summed E-state index contributed by atoms with van der Waals surface area (Å²) in [4.78, 5) is 27.5. The Labute approximate surface area is 227 Å². The van der Waals surface area contributed by atoms with Crippen LogP contribution >= 0.6 is 11.3 Å². The van der Waals surface area contributed by atoms with Crippen LogP contribution < -0.4 is 5.32 Å². The Morgan fingerprint density at radius 3 is 2.64 bits per heavy atom. The fraction of sp³-hybridized carbons (Fsp3) is 0.0323. The fourth-order valence-corrected chi connectivity index (χ4v) is 5.71. The van der Waals surface area contributed by atoms with Gasteiger partial charge in [-0.1, -0.05) is 24.3 Å². The van der Waals surface area contributed by atoms with Crippen molar-refractivity contribution in [3.8, 4) is 33.0 Å². The summed E-state index contributed by atoms with van der Waals surface area (Å²) < 4.78 is 0. The molecule has 0 unspecified atom stereocenters. The van der Waals surface area contributed by atoms with E-state index in [2.05, 4.69) is 67.7 Å². The highest BCUT2D eigenvalue weighted by molar-refractivity contribution is 7.15. The third kappa shape index (κ3) is 4.26. The van der Waals surface area contributed by atoms with Crippen molar-refractivity contribution in [1.29, 1.82) is 0 Å². The molecule has 2 aromatic carbocycles. The minimum Gasteiger partial charge on any atom is -0.338 e. The van der Waals surface area contributed by atoms with Crippen molar-refractivity contribution in [3.63, 3.8) is 0 Å². The lowest BCUT2D eigenvalue weighted by Gasteiger charge is -2.08. The van der Waals surface area contributed by atoms with Crippen molar-refractivity contribution in [3.05, 3.63) is 108 Å². The number of nitrogens with one attached hydrogen (secondary N) is 3. The van der Waals surface area contributed by atoms with Gasteiger partial charge in [0.15, 0.2) is 0 Å². The van der Waals surface area contributed by atoms with E-state index in [-0.39, 0.29) is 5.91 Å². The molecule has 1 amide bonds. The second-order valence-electron chi connectivity index (χ2n) is 9.33. The summed E-state index contributed by atoms with van der Waals surface area (Å²) in [7, 11) is 0. The number of carbonyl (C=O) groups is 1. The van der Waals surface area contributed by atoms with E-state index in [1.807, 2.05) is 42.6 Å². The molecule has 0 aliphatic carbocycles. The number of rotatable bonds is 5. The molecule has 39 heavy (non-hydrogen) atoms. The SMILES string of the molecule is Cc1ccc(-c2ccnc3[nH]c(-c4n[nH]c5ccc(-c6cncc(NC(=O)c7ccccc7)c6)cc45)cc23)s1. The molecule has 8 heteroatoms. The molecule has 0 bridgehead atoms. The number of aromatic nitrogens is 5. The quantitative estimate of drug-likeness (QED) is 0.217. The normalized spacial score (nSPS) is 11.3. The molecule has 0 atom stereocenters. The lowest BCUT2D eigenvalue weighted by atomic mass is 10.0. The highest BCUT2D eigenvalue weighted by Gasteiger charge is 2.16. The van der Waals surface area contributed by atoms with E-state index in [0.717, 1.165) is 50.0 Å². The standard InChI is InChI=1S/C31H22N6OS/c1-18-7-10-28(39-18)23-11-12-33-30-24(23)15-27(35-30)29-25-14-20(8-9-26(25)36-37-29)21-13-22(17-32-16-21)34-31(38)19-5-3-2-4-6-19/h2-17H,1H3,(H,33,35)(H,34,38)(H,36,37). The summed E-state index contributed by atoms with van der Waals surface area (Å²) >= 11 is 1.77. The fourth-order valence-electron chi connectivity index (χ4n) is 4.81. The maximum atomic E-state index is 12.6. The van der Waals surface area contributed by atoms with E-state index in [9.17, 15) is 4.79 Å². The summed E-state index contributed by atoms with van der Waals surface area (Å²) in [6.07, 6.45) is 5.28. The number of H-pyrrole nitrogens is 2. The third-order valence-electron chi connectivity index (χ3n) is 6.72. The molecule has 0 aliphatic heterocycles. The van der Waals surface area contributed by atoms with E-state index in [1.54, 1.807) is 35.9 Å². The van der Waals surface area contributed by atoms with E-state index < -0.39 is 0 Å². The van der Waals surface area contributed by atoms with E-state index in [4.69, 9.17) is 0 Å². The van der Waals surface area contributed by atoms with Crippen LogP contribution in [0.5, 0.6) is 0 Å². The largest absolute Gasteiger partial charge is 0.338 e. The Morgan fingerprint density at radius 2 is 1.79 bits per heavy atom. The smallest absolute Gasteiger partial charge is 0.255 e. The number of anilines is 1.